The average Bonchev–Trinajstić information content (AvgIpc) is 2.70. The normalized spacial score (nSPS) is 22.9. The average molecular weight is 260 g/mol. The molecule has 0 spiro atoms. The Morgan fingerprint density at radius 2 is 2.47 bits per heavy atom. The van der Waals surface area contributed by atoms with E-state index in [0.717, 1.165) is 12.8 Å². The van der Waals surface area contributed by atoms with Gasteiger partial charge in [0.2, 0.25) is 0 Å². The first-order valence-corrected chi connectivity index (χ1v) is 5.80. The van der Waals surface area contributed by atoms with Crippen molar-refractivity contribution >= 4 is 17.4 Å². The Hall–Kier alpha value is -1.14. The number of hydrogen-bond donors (Lipinski definition) is 0. The molecule has 1 atom stereocenters. The lowest BCUT2D eigenvalue weighted by Crippen LogP contribution is -2.23. The van der Waals surface area contributed by atoms with E-state index in [9.17, 15) is 10.1 Å². The van der Waals surface area contributed by atoms with Gasteiger partial charge in [-0.1, -0.05) is 11.6 Å². The smallest absolute Gasteiger partial charge is 0.370 e. The molecule has 1 aromatic rings. The van der Waals surface area contributed by atoms with Crippen LogP contribution in [0.2, 0.25) is 5.02 Å². The third kappa shape index (κ3) is 2.76. The highest BCUT2D eigenvalue weighted by Crippen LogP contribution is 2.30. The highest BCUT2D eigenvalue weighted by Gasteiger charge is 2.33. The zero-order valence-electron chi connectivity index (χ0n) is 9.72. The van der Waals surface area contributed by atoms with Gasteiger partial charge in [-0.15, -0.1) is 0 Å². The molecular weight excluding hydrogens is 246 g/mol. The van der Waals surface area contributed by atoms with Crippen molar-refractivity contribution in [3.63, 3.8) is 0 Å². The van der Waals surface area contributed by atoms with Crippen LogP contribution in [-0.4, -0.2) is 26.4 Å². The van der Waals surface area contributed by atoms with E-state index < -0.39 is 4.92 Å². The Morgan fingerprint density at radius 3 is 2.94 bits per heavy atom. The van der Waals surface area contributed by atoms with Crippen molar-refractivity contribution in [3.8, 4) is 0 Å². The van der Waals surface area contributed by atoms with Crippen LogP contribution in [0.15, 0.2) is 6.20 Å². The number of nitrogens with zero attached hydrogens (tertiary/aromatic N) is 3. The highest BCUT2D eigenvalue weighted by atomic mass is 35.5. The molecule has 1 unspecified atom stereocenters. The molecule has 0 aromatic carbocycles. The van der Waals surface area contributed by atoms with Crippen LogP contribution in [-0.2, 0) is 11.3 Å². The molecule has 0 N–H and O–H groups in total. The maximum Gasteiger partial charge on any atom is 0.408 e. The molecule has 6 nitrogen and oxygen atoms in total. The van der Waals surface area contributed by atoms with Gasteiger partial charge in [0.25, 0.3) is 0 Å². The van der Waals surface area contributed by atoms with Gasteiger partial charge in [0, 0.05) is 0 Å². The molecule has 17 heavy (non-hydrogen) atoms. The van der Waals surface area contributed by atoms with Gasteiger partial charge < -0.3 is 14.9 Å². The molecule has 1 aromatic heterocycles. The van der Waals surface area contributed by atoms with E-state index in [4.69, 9.17) is 16.3 Å². The zero-order chi connectivity index (χ0) is 12.6. The lowest BCUT2D eigenvalue weighted by Gasteiger charge is -2.18. The molecule has 0 radical (unpaired) electrons. The third-order valence-corrected chi connectivity index (χ3v) is 3.08. The first kappa shape index (κ1) is 12.3. The van der Waals surface area contributed by atoms with E-state index in [0.29, 0.717) is 6.54 Å². The monoisotopic (exact) mass is 259 g/mol. The van der Waals surface area contributed by atoms with Crippen molar-refractivity contribution in [1.29, 1.82) is 0 Å². The molecule has 1 fully saturated rings. The molecule has 1 aliphatic heterocycles. The number of aromatic nitrogens is 2. The fourth-order valence-electron chi connectivity index (χ4n) is 2.02. The van der Waals surface area contributed by atoms with Crippen molar-refractivity contribution < 1.29 is 9.66 Å². The summed E-state index contributed by atoms with van der Waals surface area (Å²) in [5.41, 5.74) is -0.118. The minimum atomic E-state index is -0.585. The topological polar surface area (TPSA) is 70.2 Å². The predicted octanol–water partition coefficient (Wildman–Crippen LogP) is 2.40. The first-order valence-electron chi connectivity index (χ1n) is 5.42. The number of rotatable bonds is 3. The lowest BCUT2D eigenvalue weighted by molar-refractivity contribution is -0.389. The molecule has 94 valence electrons. The van der Waals surface area contributed by atoms with E-state index in [1.165, 1.54) is 10.9 Å². The van der Waals surface area contributed by atoms with E-state index in [2.05, 4.69) is 5.10 Å². The summed E-state index contributed by atoms with van der Waals surface area (Å²) >= 11 is 5.72. The maximum atomic E-state index is 10.6. The molecule has 1 saturated heterocycles. The van der Waals surface area contributed by atoms with Crippen molar-refractivity contribution in [2.75, 3.05) is 0 Å². The van der Waals surface area contributed by atoms with Crippen LogP contribution in [0.25, 0.3) is 0 Å². The molecule has 0 bridgehead atoms. The van der Waals surface area contributed by atoms with E-state index in [1.807, 2.05) is 13.8 Å². The van der Waals surface area contributed by atoms with E-state index >= 15 is 0 Å². The van der Waals surface area contributed by atoms with Crippen molar-refractivity contribution in [2.45, 2.75) is 44.9 Å². The van der Waals surface area contributed by atoms with Crippen LogP contribution in [0, 0.1) is 10.1 Å². The SMILES string of the molecule is CC1(C)CCC(Cn2cc(Cl)c([N+](=O)[O-])n2)O1. The van der Waals surface area contributed by atoms with Crippen LogP contribution in [0.1, 0.15) is 26.7 Å². The summed E-state index contributed by atoms with van der Waals surface area (Å²) in [6, 6.07) is 0. The highest BCUT2D eigenvalue weighted by molar-refractivity contribution is 6.32. The summed E-state index contributed by atoms with van der Waals surface area (Å²) < 4.78 is 7.27. The zero-order valence-corrected chi connectivity index (χ0v) is 10.5. The van der Waals surface area contributed by atoms with Crippen LogP contribution >= 0.6 is 11.6 Å². The van der Waals surface area contributed by atoms with Gasteiger partial charge in [0.15, 0.2) is 5.02 Å². The second kappa shape index (κ2) is 4.27. The maximum absolute atomic E-state index is 10.6. The Morgan fingerprint density at radius 1 is 1.76 bits per heavy atom. The fourth-order valence-corrected chi connectivity index (χ4v) is 2.24. The molecule has 1 aliphatic rings. The van der Waals surface area contributed by atoms with Gasteiger partial charge in [0.1, 0.15) is 0 Å². The molecule has 7 heteroatoms. The largest absolute Gasteiger partial charge is 0.408 e. The van der Waals surface area contributed by atoms with Crippen molar-refractivity contribution in [2.24, 2.45) is 0 Å². The quantitative estimate of drug-likeness (QED) is 0.617. The van der Waals surface area contributed by atoms with Gasteiger partial charge in [-0.3, -0.25) is 0 Å². The van der Waals surface area contributed by atoms with Gasteiger partial charge in [-0.25, -0.2) is 0 Å². The number of hydrogen-bond acceptors (Lipinski definition) is 4. The third-order valence-electron chi connectivity index (χ3n) is 2.82. The van der Waals surface area contributed by atoms with Crippen molar-refractivity contribution in [1.82, 2.24) is 9.78 Å². The second-order valence-corrected chi connectivity index (χ2v) is 5.23. The van der Waals surface area contributed by atoms with Gasteiger partial charge in [-0.2, -0.15) is 4.68 Å². The lowest BCUT2D eigenvalue weighted by atomic mass is 10.1. The molecule has 0 amide bonds. The number of ether oxygens (including phenoxy) is 1. The summed E-state index contributed by atoms with van der Waals surface area (Å²) in [5.74, 6) is -0.302. The van der Waals surface area contributed by atoms with Crippen LogP contribution in [0.5, 0.6) is 0 Å². The Kier molecular flexibility index (Phi) is 3.09. The molecule has 0 aliphatic carbocycles. The molecular formula is C10H14ClN3O3. The van der Waals surface area contributed by atoms with Gasteiger partial charge >= 0.3 is 5.82 Å². The van der Waals surface area contributed by atoms with Crippen LogP contribution in [0.4, 0.5) is 5.82 Å². The fraction of sp³-hybridized carbons (Fsp3) is 0.700. The Bertz CT molecular complexity index is 444. The van der Waals surface area contributed by atoms with E-state index in [1.54, 1.807) is 0 Å². The van der Waals surface area contributed by atoms with E-state index in [-0.39, 0.29) is 22.5 Å². The Balaban J connectivity index is 2.05. The predicted molar refractivity (Wildman–Crippen MR) is 62.1 cm³/mol. The minimum absolute atomic E-state index is 0.0422. The van der Waals surface area contributed by atoms with Crippen molar-refractivity contribution in [3.05, 3.63) is 21.3 Å². The first-order chi connectivity index (χ1) is 7.87. The number of halogens is 1. The summed E-state index contributed by atoms with van der Waals surface area (Å²) in [7, 11) is 0. The summed E-state index contributed by atoms with van der Waals surface area (Å²) in [4.78, 5) is 10.0. The van der Waals surface area contributed by atoms with Gasteiger partial charge in [-0.05, 0) is 31.6 Å². The summed E-state index contributed by atoms with van der Waals surface area (Å²) in [6.45, 7) is 4.56. The number of nitro groups is 1. The minimum Gasteiger partial charge on any atom is -0.370 e. The van der Waals surface area contributed by atoms with Crippen LogP contribution in [0.3, 0.4) is 0 Å². The second-order valence-electron chi connectivity index (χ2n) is 4.82. The van der Waals surface area contributed by atoms with Crippen LogP contribution < -0.4 is 0 Å². The molecule has 2 heterocycles. The van der Waals surface area contributed by atoms with Gasteiger partial charge in [0.05, 0.1) is 29.5 Å². The molecule has 2 rings (SSSR count). The summed E-state index contributed by atoms with van der Waals surface area (Å²) in [6.07, 6.45) is 3.42. The standard InChI is InChI=1S/C10H14ClN3O3/c1-10(2)4-3-7(17-10)5-13-6-8(11)9(12-13)14(15)16/h6-7H,3-5H2,1-2H3. The summed E-state index contributed by atoms with van der Waals surface area (Å²) in [5, 5.41) is 14.5. The Labute approximate surface area is 104 Å². The molecule has 0 saturated carbocycles.